The van der Waals surface area contributed by atoms with Gasteiger partial charge in [-0.25, -0.2) is 0 Å². The van der Waals surface area contributed by atoms with Crippen molar-refractivity contribution in [2.45, 2.75) is 13.1 Å². The Balaban J connectivity index is 1.82. The molecule has 2 aromatic rings. The van der Waals surface area contributed by atoms with Gasteiger partial charge in [-0.2, -0.15) is 9.90 Å². The van der Waals surface area contributed by atoms with Crippen molar-refractivity contribution in [1.82, 2.24) is 25.3 Å². The zero-order valence-electron chi connectivity index (χ0n) is 9.08. The van der Waals surface area contributed by atoms with E-state index in [0.717, 1.165) is 5.56 Å². The molecule has 0 unspecified atom stereocenters. The molecule has 0 aliphatic heterocycles. The zero-order valence-corrected chi connectivity index (χ0v) is 9.08. The fourth-order valence-electron chi connectivity index (χ4n) is 1.27. The van der Waals surface area contributed by atoms with Crippen molar-refractivity contribution in [3.63, 3.8) is 0 Å². The van der Waals surface area contributed by atoms with Crippen LogP contribution in [-0.4, -0.2) is 25.9 Å². The number of nitrogens with two attached hydrogens (primary N) is 1. The molecular formula is C10H12N6O. The lowest BCUT2D eigenvalue weighted by molar-refractivity contribution is -0.122. The summed E-state index contributed by atoms with van der Waals surface area (Å²) in [6.07, 6.45) is 4.78. The lowest BCUT2D eigenvalue weighted by Gasteiger charge is -2.04. The quantitative estimate of drug-likeness (QED) is 0.745. The van der Waals surface area contributed by atoms with Crippen LogP contribution < -0.4 is 11.1 Å². The molecule has 0 aliphatic carbocycles. The lowest BCUT2D eigenvalue weighted by Crippen LogP contribution is -2.28. The highest BCUT2D eigenvalue weighted by molar-refractivity contribution is 5.75. The molecule has 1 amide bonds. The largest absolute Gasteiger partial charge is 0.381 e. The highest BCUT2D eigenvalue weighted by atomic mass is 16.2. The predicted molar refractivity (Wildman–Crippen MR) is 60.5 cm³/mol. The maximum Gasteiger partial charge on any atom is 0.243 e. The summed E-state index contributed by atoms with van der Waals surface area (Å²) >= 11 is 0. The standard InChI is InChI=1S/C10H12N6O/c11-9-6-14-16(15-9)7-10(17)13-5-8-2-1-3-12-4-8/h1-4,6H,5,7H2,(H2,11,15)(H,13,17). The number of hydrogen-bond acceptors (Lipinski definition) is 5. The van der Waals surface area contributed by atoms with Gasteiger partial charge in [0.1, 0.15) is 6.54 Å². The fourth-order valence-corrected chi connectivity index (χ4v) is 1.27. The van der Waals surface area contributed by atoms with Crippen LogP contribution >= 0.6 is 0 Å². The molecule has 2 rings (SSSR count). The van der Waals surface area contributed by atoms with E-state index >= 15 is 0 Å². The third-order valence-corrected chi connectivity index (χ3v) is 2.05. The normalized spacial score (nSPS) is 10.1. The van der Waals surface area contributed by atoms with Gasteiger partial charge in [-0.15, -0.1) is 5.10 Å². The Labute approximate surface area is 97.6 Å². The average molecular weight is 232 g/mol. The topological polar surface area (TPSA) is 98.7 Å². The van der Waals surface area contributed by atoms with Gasteiger partial charge in [0.15, 0.2) is 5.82 Å². The van der Waals surface area contributed by atoms with Gasteiger partial charge < -0.3 is 11.1 Å². The second kappa shape index (κ2) is 5.06. The van der Waals surface area contributed by atoms with Crippen LogP contribution in [0.2, 0.25) is 0 Å². The number of rotatable bonds is 4. The number of nitrogen functional groups attached to an aromatic ring is 1. The molecule has 2 aromatic heterocycles. The first-order chi connectivity index (χ1) is 8.24. The van der Waals surface area contributed by atoms with Crippen molar-refractivity contribution in [1.29, 1.82) is 0 Å². The molecular weight excluding hydrogens is 220 g/mol. The van der Waals surface area contributed by atoms with Crippen molar-refractivity contribution >= 4 is 11.7 Å². The van der Waals surface area contributed by atoms with Gasteiger partial charge in [-0.05, 0) is 11.6 Å². The molecule has 0 saturated heterocycles. The number of nitrogens with zero attached hydrogens (tertiary/aromatic N) is 4. The summed E-state index contributed by atoms with van der Waals surface area (Å²) in [6, 6.07) is 3.70. The maximum absolute atomic E-state index is 11.5. The van der Waals surface area contributed by atoms with Gasteiger partial charge in [0.25, 0.3) is 0 Å². The monoisotopic (exact) mass is 232 g/mol. The molecule has 0 spiro atoms. The summed E-state index contributed by atoms with van der Waals surface area (Å²) in [5.41, 5.74) is 6.32. The van der Waals surface area contributed by atoms with Gasteiger partial charge in [-0.1, -0.05) is 6.07 Å². The van der Waals surface area contributed by atoms with Crippen LogP contribution in [0, 0.1) is 0 Å². The Morgan fingerprint density at radius 1 is 1.47 bits per heavy atom. The summed E-state index contributed by atoms with van der Waals surface area (Å²) in [4.78, 5) is 16.7. The van der Waals surface area contributed by atoms with Gasteiger partial charge >= 0.3 is 0 Å². The highest BCUT2D eigenvalue weighted by Crippen LogP contribution is 1.95. The Bertz CT molecular complexity index is 495. The van der Waals surface area contributed by atoms with Crippen LogP contribution in [-0.2, 0) is 17.9 Å². The number of nitrogens with one attached hydrogen (secondary N) is 1. The Hall–Kier alpha value is -2.44. The summed E-state index contributed by atoms with van der Waals surface area (Å²) in [7, 11) is 0. The molecule has 0 atom stereocenters. The van der Waals surface area contributed by atoms with E-state index in [2.05, 4.69) is 20.5 Å². The van der Waals surface area contributed by atoms with Crippen LogP contribution in [0.15, 0.2) is 30.7 Å². The van der Waals surface area contributed by atoms with E-state index in [1.54, 1.807) is 12.4 Å². The third-order valence-electron chi connectivity index (χ3n) is 2.05. The number of pyridine rings is 1. The van der Waals surface area contributed by atoms with Crippen molar-refractivity contribution < 1.29 is 4.79 Å². The van der Waals surface area contributed by atoms with E-state index in [9.17, 15) is 4.79 Å². The molecule has 2 heterocycles. The molecule has 0 bridgehead atoms. The third kappa shape index (κ3) is 3.26. The Morgan fingerprint density at radius 2 is 2.35 bits per heavy atom. The molecule has 0 radical (unpaired) electrons. The summed E-state index contributed by atoms with van der Waals surface area (Å²) in [5.74, 6) is 0.120. The zero-order chi connectivity index (χ0) is 12.1. The molecule has 0 saturated carbocycles. The van der Waals surface area contributed by atoms with Crippen molar-refractivity contribution in [3.8, 4) is 0 Å². The molecule has 0 aromatic carbocycles. The molecule has 7 nitrogen and oxygen atoms in total. The fraction of sp³-hybridized carbons (Fsp3) is 0.200. The van der Waals surface area contributed by atoms with Crippen LogP contribution in [0.1, 0.15) is 5.56 Å². The van der Waals surface area contributed by atoms with Gasteiger partial charge in [0.05, 0.1) is 6.20 Å². The summed E-state index contributed by atoms with van der Waals surface area (Å²) < 4.78 is 0. The van der Waals surface area contributed by atoms with E-state index in [-0.39, 0.29) is 12.5 Å². The summed E-state index contributed by atoms with van der Waals surface area (Å²) in [6.45, 7) is 0.487. The van der Waals surface area contributed by atoms with Crippen molar-refractivity contribution in [2.75, 3.05) is 5.73 Å². The average Bonchev–Trinajstić information content (AvgIpc) is 2.73. The first-order valence-corrected chi connectivity index (χ1v) is 5.05. The number of anilines is 1. The number of carbonyl (C=O) groups excluding carboxylic acids is 1. The van der Waals surface area contributed by atoms with Crippen LogP contribution in [0.4, 0.5) is 5.82 Å². The summed E-state index contributed by atoms with van der Waals surface area (Å²) in [5, 5.41) is 10.4. The first-order valence-electron chi connectivity index (χ1n) is 5.05. The molecule has 3 N–H and O–H groups in total. The van der Waals surface area contributed by atoms with Crippen LogP contribution in [0.3, 0.4) is 0 Å². The van der Waals surface area contributed by atoms with E-state index < -0.39 is 0 Å². The van der Waals surface area contributed by atoms with E-state index in [1.165, 1.54) is 11.0 Å². The molecule has 88 valence electrons. The number of carbonyl (C=O) groups is 1. The van der Waals surface area contributed by atoms with E-state index in [0.29, 0.717) is 12.4 Å². The molecule has 0 aliphatic rings. The second-order valence-corrected chi connectivity index (χ2v) is 3.44. The number of hydrogen-bond donors (Lipinski definition) is 2. The molecule has 7 heteroatoms. The number of amides is 1. The SMILES string of the molecule is Nc1cnn(CC(=O)NCc2cccnc2)n1. The Morgan fingerprint density at radius 3 is 3.00 bits per heavy atom. The Kier molecular flexibility index (Phi) is 3.29. The minimum atomic E-state index is -0.176. The minimum absolute atomic E-state index is 0.0530. The van der Waals surface area contributed by atoms with Crippen LogP contribution in [0.25, 0.3) is 0 Å². The van der Waals surface area contributed by atoms with E-state index in [1.807, 2.05) is 12.1 Å². The first kappa shape index (κ1) is 11.1. The van der Waals surface area contributed by atoms with Gasteiger partial charge in [0.2, 0.25) is 5.91 Å². The lowest BCUT2D eigenvalue weighted by atomic mass is 10.3. The number of aromatic nitrogens is 4. The van der Waals surface area contributed by atoms with E-state index in [4.69, 9.17) is 5.73 Å². The van der Waals surface area contributed by atoms with Crippen molar-refractivity contribution in [2.24, 2.45) is 0 Å². The predicted octanol–water partition coefficient (Wildman–Crippen LogP) is -0.428. The molecule has 17 heavy (non-hydrogen) atoms. The second-order valence-electron chi connectivity index (χ2n) is 3.44. The van der Waals surface area contributed by atoms with Crippen molar-refractivity contribution in [3.05, 3.63) is 36.3 Å². The minimum Gasteiger partial charge on any atom is -0.381 e. The maximum atomic E-state index is 11.5. The highest BCUT2D eigenvalue weighted by Gasteiger charge is 2.04. The van der Waals surface area contributed by atoms with Gasteiger partial charge in [-0.3, -0.25) is 9.78 Å². The smallest absolute Gasteiger partial charge is 0.243 e. The molecule has 0 fully saturated rings. The van der Waals surface area contributed by atoms with Gasteiger partial charge in [0, 0.05) is 18.9 Å². The van der Waals surface area contributed by atoms with Crippen LogP contribution in [0.5, 0.6) is 0 Å².